The Bertz CT molecular complexity index is 246. The maximum atomic E-state index is 11.8. The summed E-state index contributed by atoms with van der Waals surface area (Å²) in [7, 11) is 0. The molecule has 4 nitrogen and oxygen atoms in total. The number of rotatable bonds is 4. The van der Waals surface area contributed by atoms with Crippen LogP contribution in [0.4, 0.5) is 0 Å². The molecule has 100 valence electrons. The van der Waals surface area contributed by atoms with Crippen LogP contribution in [0, 0.1) is 0 Å². The van der Waals surface area contributed by atoms with E-state index in [9.17, 15) is 4.79 Å². The Kier molecular flexibility index (Phi) is 5.40. The summed E-state index contributed by atoms with van der Waals surface area (Å²) in [6, 6.07) is 0.552. The molecule has 0 spiro atoms. The van der Waals surface area contributed by atoms with E-state index >= 15 is 0 Å². The Hall–Kier alpha value is -0.610. The lowest BCUT2D eigenvalue weighted by Crippen LogP contribution is -2.51. The zero-order valence-corrected chi connectivity index (χ0v) is 11.7. The lowest BCUT2D eigenvalue weighted by molar-refractivity contribution is -0.123. The lowest BCUT2D eigenvalue weighted by atomic mass is 10.1. The summed E-state index contributed by atoms with van der Waals surface area (Å²) in [5, 5.41) is 6.47. The van der Waals surface area contributed by atoms with Gasteiger partial charge in [-0.25, -0.2) is 0 Å². The smallest absolute Gasteiger partial charge is 0.234 e. The van der Waals surface area contributed by atoms with Crippen molar-refractivity contribution in [1.29, 1.82) is 0 Å². The second kappa shape index (κ2) is 6.36. The standard InChI is InChI=1S/C13H27N3O/c1-5-14-11-7-6-8-16(9-11)10-12(17)15-13(2,3)4/h11,14H,5-10H2,1-4H3,(H,15,17). The summed E-state index contributed by atoms with van der Waals surface area (Å²) in [4.78, 5) is 14.1. The Balaban J connectivity index is 2.33. The molecule has 1 aliphatic heterocycles. The molecular formula is C13H27N3O. The molecule has 1 amide bonds. The fraction of sp³-hybridized carbons (Fsp3) is 0.923. The van der Waals surface area contributed by atoms with Crippen LogP contribution in [0.25, 0.3) is 0 Å². The SMILES string of the molecule is CCNC1CCCN(CC(=O)NC(C)(C)C)C1. The average Bonchev–Trinajstić information content (AvgIpc) is 2.15. The molecule has 0 aromatic heterocycles. The Labute approximate surface area is 105 Å². The van der Waals surface area contributed by atoms with E-state index in [1.165, 1.54) is 12.8 Å². The summed E-state index contributed by atoms with van der Waals surface area (Å²) in [6.45, 7) is 11.7. The number of likely N-dealkylation sites (N-methyl/N-ethyl adjacent to an activating group) is 1. The second-order valence-corrected chi connectivity index (χ2v) is 5.93. The quantitative estimate of drug-likeness (QED) is 0.771. The van der Waals surface area contributed by atoms with Crippen molar-refractivity contribution in [2.75, 3.05) is 26.2 Å². The maximum Gasteiger partial charge on any atom is 0.234 e. The van der Waals surface area contributed by atoms with Crippen LogP contribution in [0.1, 0.15) is 40.5 Å². The monoisotopic (exact) mass is 241 g/mol. The van der Waals surface area contributed by atoms with Crippen molar-refractivity contribution in [2.24, 2.45) is 0 Å². The van der Waals surface area contributed by atoms with E-state index in [0.29, 0.717) is 12.6 Å². The first-order valence-corrected chi connectivity index (χ1v) is 6.67. The normalized spacial score (nSPS) is 22.5. The molecule has 0 aliphatic carbocycles. The second-order valence-electron chi connectivity index (χ2n) is 5.93. The molecule has 17 heavy (non-hydrogen) atoms. The van der Waals surface area contributed by atoms with Gasteiger partial charge in [0, 0.05) is 18.1 Å². The molecule has 1 rings (SSSR count). The third-order valence-corrected chi connectivity index (χ3v) is 2.88. The first-order chi connectivity index (χ1) is 7.90. The van der Waals surface area contributed by atoms with Gasteiger partial charge in [0.15, 0.2) is 0 Å². The van der Waals surface area contributed by atoms with Gasteiger partial charge in [-0.15, -0.1) is 0 Å². The molecule has 0 aromatic carbocycles. The zero-order valence-electron chi connectivity index (χ0n) is 11.7. The van der Waals surface area contributed by atoms with Crippen molar-refractivity contribution in [3.63, 3.8) is 0 Å². The fourth-order valence-electron chi connectivity index (χ4n) is 2.32. The molecule has 0 bridgehead atoms. The Morgan fingerprint density at radius 1 is 1.41 bits per heavy atom. The third-order valence-electron chi connectivity index (χ3n) is 2.88. The van der Waals surface area contributed by atoms with Crippen LogP contribution in [-0.4, -0.2) is 48.6 Å². The number of hydrogen-bond acceptors (Lipinski definition) is 3. The van der Waals surface area contributed by atoms with E-state index in [-0.39, 0.29) is 11.4 Å². The van der Waals surface area contributed by atoms with Crippen LogP contribution in [-0.2, 0) is 4.79 Å². The number of amides is 1. The van der Waals surface area contributed by atoms with Gasteiger partial charge in [-0.1, -0.05) is 6.92 Å². The van der Waals surface area contributed by atoms with Gasteiger partial charge in [0.2, 0.25) is 5.91 Å². The van der Waals surface area contributed by atoms with Crippen molar-refractivity contribution in [1.82, 2.24) is 15.5 Å². The van der Waals surface area contributed by atoms with E-state index in [1.54, 1.807) is 0 Å². The number of carbonyl (C=O) groups is 1. The van der Waals surface area contributed by atoms with Crippen LogP contribution < -0.4 is 10.6 Å². The molecule has 0 radical (unpaired) electrons. The lowest BCUT2D eigenvalue weighted by Gasteiger charge is -2.33. The topological polar surface area (TPSA) is 44.4 Å². The highest BCUT2D eigenvalue weighted by Crippen LogP contribution is 2.09. The van der Waals surface area contributed by atoms with Gasteiger partial charge >= 0.3 is 0 Å². The first-order valence-electron chi connectivity index (χ1n) is 6.67. The number of nitrogens with one attached hydrogen (secondary N) is 2. The van der Waals surface area contributed by atoms with Gasteiger partial charge in [0.1, 0.15) is 0 Å². The van der Waals surface area contributed by atoms with Crippen LogP contribution in [0.3, 0.4) is 0 Å². The molecule has 1 unspecified atom stereocenters. The number of carbonyl (C=O) groups excluding carboxylic acids is 1. The predicted molar refractivity (Wildman–Crippen MR) is 71.0 cm³/mol. The first kappa shape index (κ1) is 14.5. The number of nitrogens with zero attached hydrogens (tertiary/aromatic N) is 1. The minimum atomic E-state index is -0.131. The van der Waals surface area contributed by atoms with Crippen molar-refractivity contribution >= 4 is 5.91 Å². The summed E-state index contributed by atoms with van der Waals surface area (Å²) >= 11 is 0. The summed E-state index contributed by atoms with van der Waals surface area (Å²) in [6.07, 6.45) is 2.41. The van der Waals surface area contributed by atoms with E-state index in [1.807, 2.05) is 20.8 Å². The molecular weight excluding hydrogens is 214 g/mol. The largest absolute Gasteiger partial charge is 0.350 e. The number of piperidine rings is 1. The highest BCUT2D eigenvalue weighted by molar-refractivity contribution is 5.78. The maximum absolute atomic E-state index is 11.8. The fourth-order valence-corrected chi connectivity index (χ4v) is 2.32. The molecule has 4 heteroatoms. The van der Waals surface area contributed by atoms with Gasteiger partial charge in [-0.05, 0) is 46.7 Å². The van der Waals surface area contributed by atoms with Gasteiger partial charge in [0.25, 0.3) is 0 Å². The van der Waals surface area contributed by atoms with E-state index in [0.717, 1.165) is 19.6 Å². The van der Waals surface area contributed by atoms with Crippen LogP contribution in [0.2, 0.25) is 0 Å². The van der Waals surface area contributed by atoms with Crippen LogP contribution >= 0.6 is 0 Å². The summed E-state index contributed by atoms with van der Waals surface area (Å²) in [5.41, 5.74) is -0.131. The highest BCUT2D eigenvalue weighted by Gasteiger charge is 2.22. The molecule has 1 heterocycles. The minimum absolute atomic E-state index is 0.131. The Morgan fingerprint density at radius 2 is 2.12 bits per heavy atom. The van der Waals surface area contributed by atoms with E-state index in [4.69, 9.17) is 0 Å². The van der Waals surface area contributed by atoms with Gasteiger partial charge in [-0.2, -0.15) is 0 Å². The summed E-state index contributed by atoms with van der Waals surface area (Å²) in [5.74, 6) is 0.134. The third kappa shape index (κ3) is 6.03. The van der Waals surface area contributed by atoms with E-state index < -0.39 is 0 Å². The molecule has 0 saturated carbocycles. The molecule has 0 aromatic rings. The van der Waals surface area contributed by atoms with Crippen molar-refractivity contribution in [3.8, 4) is 0 Å². The molecule has 1 atom stereocenters. The average molecular weight is 241 g/mol. The van der Waals surface area contributed by atoms with Crippen molar-refractivity contribution in [3.05, 3.63) is 0 Å². The van der Waals surface area contributed by atoms with Gasteiger partial charge in [-0.3, -0.25) is 9.69 Å². The van der Waals surface area contributed by atoms with Crippen LogP contribution in [0.15, 0.2) is 0 Å². The predicted octanol–water partition coefficient (Wildman–Crippen LogP) is 0.975. The molecule has 1 aliphatic rings. The molecule has 1 saturated heterocycles. The van der Waals surface area contributed by atoms with Gasteiger partial charge < -0.3 is 10.6 Å². The van der Waals surface area contributed by atoms with E-state index in [2.05, 4.69) is 22.5 Å². The zero-order chi connectivity index (χ0) is 12.9. The number of likely N-dealkylation sites (tertiary alicyclic amines) is 1. The van der Waals surface area contributed by atoms with Crippen molar-refractivity contribution < 1.29 is 4.79 Å². The summed E-state index contributed by atoms with van der Waals surface area (Å²) < 4.78 is 0. The van der Waals surface area contributed by atoms with Crippen LogP contribution in [0.5, 0.6) is 0 Å². The van der Waals surface area contributed by atoms with Gasteiger partial charge in [0.05, 0.1) is 6.54 Å². The Morgan fingerprint density at radius 3 is 2.71 bits per heavy atom. The molecule has 2 N–H and O–H groups in total. The van der Waals surface area contributed by atoms with Crippen molar-refractivity contribution in [2.45, 2.75) is 52.1 Å². The highest BCUT2D eigenvalue weighted by atomic mass is 16.2. The number of hydrogen-bond donors (Lipinski definition) is 2. The molecule has 1 fully saturated rings. The minimum Gasteiger partial charge on any atom is -0.350 e.